The summed E-state index contributed by atoms with van der Waals surface area (Å²) >= 11 is 3.34. The summed E-state index contributed by atoms with van der Waals surface area (Å²) in [6.07, 6.45) is 0. The predicted molar refractivity (Wildman–Crippen MR) is 66.9 cm³/mol. The minimum atomic E-state index is -3.38. The molecule has 0 aromatic carbocycles. The lowest BCUT2D eigenvalue weighted by Gasteiger charge is -2.37. The van der Waals surface area contributed by atoms with Crippen molar-refractivity contribution >= 4 is 26.1 Å². The van der Waals surface area contributed by atoms with Crippen LogP contribution in [0.2, 0.25) is 0 Å². The highest BCUT2D eigenvalue weighted by atomic mass is 79.9. The second-order valence-corrected chi connectivity index (χ2v) is 6.95. The van der Waals surface area contributed by atoms with E-state index in [-0.39, 0.29) is 0 Å². The first-order valence-corrected chi connectivity index (χ1v) is 7.72. The topological polar surface area (TPSA) is 49.9 Å². The van der Waals surface area contributed by atoms with Crippen molar-refractivity contribution in [2.75, 3.05) is 38.7 Å². The van der Waals surface area contributed by atoms with Crippen LogP contribution in [0.25, 0.3) is 0 Å². The Bertz CT molecular complexity index is 326. The molecule has 0 spiro atoms. The molecule has 0 aliphatic carbocycles. The van der Waals surface area contributed by atoms with E-state index >= 15 is 0 Å². The van der Waals surface area contributed by atoms with Crippen molar-refractivity contribution in [2.24, 2.45) is 0 Å². The third-order valence-electron chi connectivity index (χ3n) is 2.82. The molecule has 0 aromatic heterocycles. The molecule has 0 saturated carbocycles. The van der Waals surface area contributed by atoms with Crippen molar-refractivity contribution in [2.45, 2.75) is 19.4 Å². The van der Waals surface area contributed by atoms with E-state index in [0.29, 0.717) is 31.6 Å². The van der Waals surface area contributed by atoms with Crippen LogP contribution < -0.4 is 0 Å². The molecule has 0 amide bonds. The average Bonchev–Trinajstić information content (AvgIpc) is 2.29. The van der Waals surface area contributed by atoms with Gasteiger partial charge in [-0.3, -0.25) is 0 Å². The lowest BCUT2D eigenvalue weighted by Crippen LogP contribution is -2.54. The Labute approximate surface area is 106 Å². The Morgan fingerprint density at radius 1 is 1.38 bits per heavy atom. The highest BCUT2D eigenvalue weighted by molar-refractivity contribution is 9.09. The van der Waals surface area contributed by atoms with E-state index in [2.05, 4.69) is 15.9 Å². The monoisotopic (exact) mass is 314 g/mol. The first-order chi connectivity index (χ1) is 7.32. The second kappa shape index (κ2) is 5.30. The molecular formula is C9H19BrN2O3S. The average molecular weight is 315 g/mol. The fourth-order valence-electron chi connectivity index (χ4n) is 1.35. The Balaban J connectivity index is 2.84. The SMILES string of the molecule is CN(C(C)(C)CBr)S(=O)(=O)N1CCOCC1. The van der Waals surface area contributed by atoms with Crippen LogP contribution in [0, 0.1) is 0 Å². The van der Waals surface area contributed by atoms with Crippen LogP contribution in [0.5, 0.6) is 0 Å². The van der Waals surface area contributed by atoms with Crippen LogP contribution >= 0.6 is 15.9 Å². The molecule has 7 heteroatoms. The number of nitrogens with zero attached hydrogens (tertiary/aromatic N) is 2. The van der Waals surface area contributed by atoms with Gasteiger partial charge in [0.25, 0.3) is 10.2 Å². The molecule has 0 radical (unpaired) electrons. The summed E-state index contributed by atoms with van der Waals surface area (Å²) in [5.74, 6) is 0. The zero-order chi connectivity index (χ0) is 12.4. The van der Waals surface area contributed by atoms with E-state index in [0.717, 1.165) is 0 Å². The van der Waals surface area contributed by atoms with E-state index in [1.807, 2.05) is 13.8 Å². The number of halogens is 1. The first-order valence-electron chi connectivity index (χ1n) is 5.20. The van der Waals surface area contributed by atoms with Crippen molar-refractivity contribution in [1.82, 2.24) is 8.61 Å². The minimum Gasteiger partial charge on any atom is -0.379 e. The molecule has 1 aliphatic heterocycles. The number of hydrogen-bond acceptors (Lipinski definition) is 3. The van der Waals surface area contributed by atoms with Gasteiger partial charge in [0, 0.05) is 31.0 Å². The molecule has 0 unspecified atom stereocenters. The molecule has 0 N–H and O–H groups in total. The normalized spacial score (nSPS) is 20.3. The van der Waals surface area contributed by atoms with E-state index in [4.69, 9.17) is 4.74 Å². The van der Waals surface area contributed by atoms with Gasteiger partial charge in [-0.25, -0.2) is 0 Å². The molecule has 0 bridgehead atoms. The Hall–Kier alpha value is 0.310. The number of hydrogen-bond donors (Lipinski definition) is 0. The maximum absolute atomic E-state index is 12.3. The Morgan fingerprint density at radius 2 is 1.88 bits per heavy atom. The number of ether oxygens (including phenoxy) is 1. The van der Waals surface area contributed by atoms with Crippen molar-refractivity contribution < 1.29 is 13.2 Å². The molecule has 0 atom stereocenters. The Morgan fingerprint density at radius 3 is 2.31 bits per heavy atom. The smallest absolute Gasteiger partial charge is 0.282 e. The van der Waals surface area contributed by atoms with Gasteiger partial charge in [-0.2, -0.15) is 17.0 Å². The fraction of sp³-hybridized carbons (Fsp3) is 1.00. The Kier molecular flexibility index (Phi) is 4.76. The molecule has 5 nitrogen and oxygen atoms in total. The first kappa shape index (κ1) is 14.4. The molecule has 0 aromatic rings. The molecule has 1 rings (SSSR count). The van der Waals surface area contributed by atoms with Gasteiger partial charge in [-0.15, -0.1) is 0 Å². The number of morpholine rings is 1. The third kappa shape index (κ3) is 2.95. The molecular weight excluding hydrogens is 296 g/mol. The van der Waals surface area contributed by atoms with Gasteiger partial charge >= 0.3 is 0 Å². The lowest BCUT2D eigenvalue weighted by atomic mass is 10.1. The van der Waals surface area contributed by atoms with E-state index < -0.39 is 15.7 Å². The van der Waals surface area contributed by atoms with Gasteiger partial charge in [0.05, 0.1) is 13.2 Å². The van der Waals surface area contributed by atoms with Gasteiger partial charge in [0.1, 0.15) is 0 Å². The minimum absolute atomic E-state index is 0.433. The van der Waals surface area contributed by atoms with Crippen molar-refractivity contribution in [3.63, 3.8) is 0 Å². The van der Waals surface area contributed by atoms with Crippen LogP contribution in [0.1, 0.15) is 13.8 Å². The quantitative estimate of drug-likeness (QED) is 0.717. The largest absolute Gasteiger partial charge is 0.379 e. The summed E-state index contributed by atoms with van der Waals surface area (Å²) in [5, 5.41) is 0.597. The van der Waals surface area contributed by atoms with Crippen molar-refractivity contribution in [1.29, 1.82) is 0 Å². The van der Waals surface area contributed by atoms with Gasteiger partial charge in [0.15, 0.2) is 0 Å². The lowest BCUT2D eigenvalue weighted by molar-refractivity contribution is 0.0689. The number of alkyl halides is 1. The second-order valence-electron chi connectivity index (χ2n) is 4.43. The molecule has 1 aliphatic rings. The maximum Gasteiger partial charge on any atom is 0.282 e. The highest BCUT2D eigenvalue weighted by Crippen LogP contribution is 2.21. The van der Waals surface area contributed by atoms with Gasteiger partial charge in [0.2, 0.25) is 0 Å². The predicted octanol–water partition coefficient (Wildman–Crippen LogP) is 0.669. The molecule has 1 fully saturated rings. The van der Waals surface area contributed by atoms with Crippen molar-refractivity contribution in [3.8, 4) is 0 Å². The third-order valence-corrected chi connectivity index (χ3v) is 6.40. The summed E-state index contributed by atoms with van der Waals surface area (Å²) < 4.78 is 32.6. The van der Waals surface area contributed by atoms with Crippen LogP contribution in [0.3, 0.4) is 0 Å². The van der Waals surface area contributed by atoms with E-state index in [1.165, 1.54) is 8.61 Å². The molecule has 96 valence electrons. The highest BCUT2D eigenvalue weighted by Gasteiger charge is 2.36. The summed E-state index contributed by atoms with van der Waals surface area (Å²) in [7, 11) is -1.76. The van der Waals surface area contributed by atoms with Gasteiger partial charge in [-0.1, -0.05) is 15.9 Å². The zero-order valence-electron chi connectivity index (χ0n) is 9.94. The summed E-state index contributed by atoms with van der Waals surface area (Å²) in [6.45, 7) is 5.60. The molecule has 1 heterocycles. The van der Waals surface area contributed by atoms with E-state index in [1.54, 1.807) is 7.05 Å². The summed E-state index contributed by atoms with van der Waals surface area (Å²) in [4.78, 5) is 0. The number of rotatable bonds is 4. The maximum atomic E-state index is 12.3. The zero-order valence-corrected chi connectivity index (χ0v) is 12.3. The van der Waals surface area contributed by atoms with E-state index in [9.17, 15) is 8.42 Å². The summed E-state index contributed by atoms with van der Waals surface area (Å²) in [6, 6.07) is 0. The van der Waals surface area contributed by atoms with Gasteiger partial charge < -0.3 is 4.74 Å². The standard InChI is InChI=1S/C9H19BrN2O3S/c1-9(2,8-10)11(3)16(13,14)12-4-6-15-7-5-12/h4-8H2,1-3H3. The molecule has 16 heavy (non-hydrogen) atoms. The van der Waals surface area contributed by atoms with Crippen molar-refractivity contribution in [3.05, 3.63) is 0 Å². The summed E-state index contributed by atoms with van der Waals surface area (Å²) in [5.41, 5.74) is -0.433. The fourth-order valence-corrected chi connectivity index (χ4v) is 3.54. The van der Waals surface area contributed by atoms with Crippen LogP contribution in [-0.4, -0.2) is 61.2 Å². The molecule has 1 saturated heterocycles. The van der Waals surface area contributed by atoms with Crippen LogP contribution in [-0.2, 0) is 14.9 Å². The van der Waals surface area contributed by atoms with Crippen LogP contribution in [0.15, 0.2) is 0 Å². The van der Waals surface area contributed by atoms with Gasteiger partial charge in [-0.05, 0) is 13.8 Å². The van der Waals surface area contributed by atoms with Crippen LogP contribution in [0.4, 0.5) is 0 Å².